The predicted octanol–water partition coefficient (Wildman–Crippen LogP) is 5.70. The van der Waals surface area contributed by atoms with Gasteiger partial charge in [0.25, 0.3) is 5.91 Å². The molecule has 0 fully saturated rings. The third-order valence-corrected chi connectivity index (χ3v) is 6.11. The normalized spacial score (nSPS) is 15.2. The Morgan fingerprint density at radius 3 is 2.39 bits per heavy atom. The first-order valence-corrected chi connectivity index (χ1v) is 10.8. The van der Waals surface area contributed by atoms with Crippen LogP contribution in [0.1, 0.15) is 45.8 Å². The third kappa shape index (κ3) is 3.30. The summed E-state index contributed by atoms with van der Waals surface area (Å²) in [7, 11) is 0. The molecule has 0 radical (unpaired) electrons. The number of anilines is 1. The van der Waals surface area contributed by atoms with Crippen molar-refractivity contribution in [2.45, 2.75) is 26.8 Å². The molecule has 5 rings (SSSR count). The van der Waals surface area contributed by atoms with Crippen LogP contribution in [-0.4, -0.2) is 12.5 Å². The highest BCUT2D eigenvalue weighted by Gasteiger charge is 2.44. The minimum Gasteiger partial charge on any atom is -0.494 e. The molecule has 3 aromatic carbocycles. The number of fused-ring (bicyclic) bond motifs is 2. The largest absolute Gasteiger partial charge is 0.494 e. The first-order valence-electron chi connectivity index (χ1n) is 10.8. The average molecular weight is 443 g/mol. The van der Waals surface area contributed by atoms with Gasteiger partial charge in [-0.15, -0.1) is 0 Å². The van der Waals surface area contributed by atoms with Crippen LogP contribution in [0.3, 0.4) is 0 Å². The van der Waals surface area contributed by atoms with Crippen LogP contribution in [0.2, 0.25) is 0 Å². The number of rotatable bonds is 4. The second kappa shape index (κ2) is 7.89. The maximum absolute atomic E-state index is 15.0. The summed E-state index contributed by atoms with van der Waals surface area (Å²) in [6.07, 6.45) is 0. The van der Waals surface area contributed by atoms with Gasteiger partial charge in [-0.2, -0.15) is 0 Å². The lowest BCUT2D eigenvalue weighted by Crippen LogP contribution is -2.30. The molecule has 33 heavy (non-hydrogen) atoms. The fraction of sp³-hybridized carbons (Fsp3) is 0.185. The second-order valence-corrected chi connectivity index (χ2v) is 8.13. The third-order valence-electron chi connectivity index (χ3n) is 6.11. The van der Waals surface area contributed by atoms with E-state index in [0.717, 1.165) is 11.1 Å². The lowest BCUT2D eigenvalue weighted by molar-refractivity contribution is 0.0970. The molecular weight excluding hydrogens is 421 g/mol. The minimum absolute atomic E-state index is 0.0575. The Kier molecular flexibility index (Phi) is 5.01. The molecule has 6 heteroatoms. The predicted molar refractivity (Wildman–Crippen MR) is 125 cm³/mol. The van der Waals surface area contributed by atoms with Crippen LogP contribution in [0.5, 0.6) is 5.75 Å². The van der Waals surface area contributed by atoms with E-state index in [0.29, 0.717) is 29.0 Å². The number of hydrogen-bond donors (Lipinski definition) is 0. The molecule has 1 aliphatic heterocycles. The summed E-state index contributed by atoms with van der Waals surface area (Å²) in [5, 5.41) is 0.375. The number of amides is 1. The Morgan fingerprint density at radius 1 is 1.00 bits per heavy atom. The maximum Gasteiger partial charge on any atom is 0.295 e. The van der Waals surface area contributed by atoms with Gasteiger partial charge in [0.05, 0.1) is 23.6 Å². The Hall–Kier alpha value is -3.93. The van der Waals surface area contributed by atoms with Gasteiger partial charge >= 0.3 is 0 Å². The van der Waals surface area contributed by atoms with Crippen molar-refractivity contribution in [3.8, 4) is 5.75 Å². The molecule has 1 aliphatic rings. The Bertz CT molecular complexity index is 1460. The minimum atomic E-state index is -0.950. The number of halogens is 1. The van der Waals surface area contributed by atoms with Crippen molar-refractivity contribution < 1.29 is 18.3 Å². The molecule has 4 aromatic rings. The van der Waals surface area contributed by atoms with Gasteiger partial charge in [0.2, 0.25) is 5.76 Å². The summed E-state index contributed by atoms with van der Waals surface area (Å²) >= 11 is 0. The van der Waals surface area contributed by atoms with Gasteiger partial charge in [0.15, 0.2) is 5.43 Å². The molecule has 0 spiro atoms. The van der Waals surface area contributed by atoms with Crippen molar-refractivity contribution in [2.75, 3.05) is 11.5 Å². The van der Waals surface area contributed by atoms with E-state index in [1.807, 2.05) is 20.8 Å². The molecule has 0 saturated heterocycles. The van der Waals surface area contributed by atoms with E-state index in [4.69, 9.17) is 9.15 Å². The number of ether oxygens (including phenoxy) is 1. The van der Waals surface area contributed by atoms with Gasteiger partial charge in [0.1, 0.15) is 17.1 Å². The van der Waals surface area contributed by atoms with E-state index in [1.165, 1.54) is 11.0 Å². The summed E-state index contributed by atoms with van der Waals surface area (Å²) in [5.74, 6) is -0.394. The molecule has 0 aliphatic carbocycles. The molecule has 5 nitrogen and oxygen atoms in total. The highest BCUT2D eigenvalue weighted by Crippen LogP contribution is 2.42. The van der Waals surface area contributed by atoms with E-state index in [-0.39, 0.29) is 22.3 Å². The summed E-state index contributed by atoms with van der Waals surface area (Å²) in [4.78, 5) is 28.7. The number of nitrogens with zero attached hydrogens (tertiary/aromatic N) is 1. The summed E-state index contributed by atoms with van der Waals surface area (Å²) in [5.41, 5.74) is 2.79. The number of benzene rings is 3. The standard InChI is InChI=1S/C27H22FNO4/c1-4-32-18-11-9-17(10-12-18)29-24(19-7-5-6-8-21(19)28)23-25(30)20-13-15(2)16(3)14-22(20)33-26(23)27(29)31/h5-14,24H,4H2,1-3H3. The molecule has 1 amide bonds. The van der Waals surface area contributed by atoms with Crippen LogP contribution in [0.4, 0.5) is 10.1 Å². The van der Waals surface area contributed by atoms with E-state index in [1.54, 1.807) is 54.6 Å². The molecule has 0 bridgehead atoms. The first kappa shape index (κ1) is 20.9. The van der Waals surface area contributed by atoms with E-state index < -0.39 is 17.8 Å². The molecule has 0 saturated carbocycles. The summed E-state index contributed by atoms with van der Waals surface area (Å²) < 4.78 is 26.5. The van der Waals surface area contributed by atoms with Crippen molar-refractivity contribution in [1.29, 1.82) is 0 Å². The highest BCUT2D eigenvalue weighted by molar-refractivity contribution is 6.10. The summed E-state index contributed by atoms with van der Waals surface area (Å²) in [6.45, 7) is 6.22. The number of aryl methyl sites for hydroxylation is 2. The van der Waals surface area contributed by atoms with Crippen LogP contribution in [0, 0.1) is 19.7 Å². The van der Waals surface area contributed by atoms with Gasteiger partial charge in [-0.05, 0) is 74.4 Å². The first-order chi connectivity index (χ1) is 15.9. The van der Waals surface area contributed by atoms with Crippen molar-refractivity contribution in [2.24, 2.45) is 0 Å². The highest BCUT2D eigenvalue weighted by atomic mass is 19.1. The number of carbonyl (C=O) groups excluding carboxylic acids is 1. The van der Waals surface area contributed by atoms with Crippen LogP contribution in [0.25, 0.3) is 11.0 Å². The topological polar surface area (TPSA) is 59.8 Å². The molecule has 1 aromatic heterocycles. The van der Waals surface area contributed by atoms with E-state index >= 15 is 0 Å². The van der Waals surface area contributed by atoms with Gasteiger partial charge in [-0.3, -0.25) is 14.5 Å². The van der Waals surface area contributed by atoms with E-state index in [2.05, 4.69) is 0 Å². The summed E-state index contributed by atoms with van der Waals surface area (Å²) in [6, 6.07) is 15.7. The second-order valence-electron chi connectivity index (χ2n) is 8.13. The van der Waals surface area contributed by atoms with Crippen LogP contribution in [0.15, 0.2) is 69.9 Å². The zero-order valence-corrected chi connectivity index (χ0v) is 18.5. The molecule has 1 atom stereocenters. The Morgan fingerprint density at radius 2 is 1.70 bits per heavy atom. The van der Waals surface area contributed by atoms with Crippen molar-refractivity contribution >= 4 is 22.6 Å². The van der Waals surface area contributed by atoms with Crippen molar-refractivity contribution in [3.63, 3.8) is 0 Å². The van der Waals surface area contributed by atoms with Gasteiger partial charge in [-0.25, -0.2) is 4.39 Å². The molecular formula is C27H22FNO4. The van der Waals surface area contributed by atoms with Crippen LogP contribution in [-0.2, 0) is 0 Å². The van der Waals surface area contributed by atoms with Crippen LogP contribution < -0.4 is 15.1 Å². The Labute approximate surface area is 190 Å². The van der Waals surface area contributed by atoms with Gasteiger partial charge < -0.3 is 9.15 Å². The molecule has 166 valence electrons. The van der Waals surface area contributed by atoms with Gasteiger partial charge in [0, 0.05) is 11.3 Å². The number of hydrogen-bond acceptors (Lipinski definition) is 4. The van der Waals surface area contributed by atoms with Crippen molar-refractivity contribution in [3.05, 3.63) is 105 Å². The monoisotopic (exact) mass is 443 g/mol. The molecule has 1 unspecified atom stereocenters. The molecule has 0 N–H and O–H groups in total. The fourth-order valence-electron chi connectivity index (χ4n) is 4.36. The Balaban J connectivity index is 1.78. The lowest BCUT2D eigenvalue weighted by atomic mass is 9.97. The zero-order chi connectivity index (χ0) is 23.3. The molecule has 2 heterocycles. The smallest absolute Gasteiger partial charge is 0.295 e. The van der Waals surface area contributed by atoms with E-state index in [9.17, 15) is 14.0 Å². The average Bonchev–Trinajstić information content (AvgIpc) is 3.09. The SMILES string of the molecule is CCOc1ccc(N2C(=O)c3oc4cc(C)c(C)cc4c(=O)c3C2c2ccccc2F)cc1. The van der Waals surface area contributed by atoms with Crippen molar-refractivity contribution in [1.82, 2.24) is 0 Å². The van der Waals surface area contributed by atoms with Crippen LogP contribution >= 0.6 is 0 Å². The quantitative estimate of drug-likeness (QED) is 0.406. The fourth-order valence-corrected chi connectivity index (χ4v) is 4.36. The van der Waals surface area contributed by atoms with Gasteiger partial charge in [-0.1, -0.05) is 18.2 Å². The zero-order valence-electron chi connectivity index (χ0n) is 18.5. The lowest BCUT2D eigenvalue weighted by Gasteiger charge is -2.25. The maximum atomic E-state index is 15.0. The number of carbonyl (C=O) groups is 1.